The third kappa shape index (κ3) is 3.33. The minimum Gasteiger partial charge on any atom is -0.496 e. The lowest BCUT2D eigenvalue weighted by atomic mass is 10.1. The Hall–Kier alpha value is -3.41. The Kier molecular flexibility index (Phi) is 4.38. The second-order valence-electron chi connectivity index (χ2n) is 5.06. The molecule has 0 bridgehead atoms. The van der Waals surface area contributed by atoms with Gasteiger partial charge in [0.2, 0.25) is 0 Å². The fraction of sp³-hybridized carbons (Fsp3) is 0.0556. The maximum absolute atomic E-state index is 10.9. The molecular weight excluding hydrogens is 306 g/mol. The van der Waals surface area contributed by atoms with Crippen molar-refractivity contribution in [3.05, 3.63) is 77.0 Å². The summed E-state index contributed by atoms with van der Waals surface area (Å²) in [5, 5.41) is 14.0. The van der Waals surface area contributed by atoms with Gasteiger partial charge in [0.1, 0.15) is 11.6 Å². The van der Waals surface area contributed by atoms with E-state index in [-0.39, 0.29) is 5.69 Å². The quantitative estimate of drug-likeness (QED) is 0.556. The molecule has 0 spiro atoms. The Bertz CT molecular complexity index is 881. The highest BCUT2D eigenvalue weighted by Crippen LogP contribution is 2.31. The predicted molar refractivity (Wildman–Crippen MR) is 92.6 cm³/mol. The van der Waals surface area contributed by atoms with Crippen LogP contribution in [0.25, 0.3) is 11.1 Å². The Morgan fingerprint density at radius 2 is 1.92 bits per heavy atom. The van der Waals surface area contributed by atoms with E-state index in [4.69, 9.17) is 4.74 Å². The van der Waals surface area contributed by atoms with Crippen LogP contribution in [-0.2, 0) is 0 Å². The highest BCUT2D eigenvalue weighted by Gasteiger charge is 2.08. The number of methoxy groups -OCH3 is 1. The largest absolute Gasteiger partial charge is 0.496 e. The summed E-state index contributed by atoms with van der Waals surface area (Å²) in [4.78, 5) is 14.7. The third-order valence-electron chi connectivity index (χ3n) is 3.51. The van der Waals surface area contributed by atoms with Gasteiger partial charge >= 0.3 is 0 Å². The molecule has 0 fully saturated rings. The molecule has 2 aromatic carbocycles. The van der Waals surface area contributed by atoms with E-state index in [9.17, 15) is 10.1 Å². The number of nitrogens with zero attached hydrogens (tertiary/aromatic N) is 2. The molecule has 0 saturated carbocycles. The van der Waals surface area contributed by atoms with Crippen LogP contribution in [0.3, 0.4) is 0 Å². The first kappa shape index (κ1) is 15.5. The zero-order valence-corrected chi connectivity index (χ0v) is 13.0. The van der Waals surface area contributed by atoms with Gasteiger partial charge in [0, 0.05) is 29.6 Å². The van der Waals surface area contributed by atoms with Gasteiger partial charge < -0.3 is 10.1 Å². The Labute approximate surface area is 138 Å². The SMILES string of the molecule is COc1ccccc1-c1ccnc(Nc2cccc([N+](=O)[O-])c2)c1. The van der Waals surface area contributed by atoms with Crippen molar-refractivity contribution in [3.63, 3.8) is 0 Å². The van der Waals surface area contributed by atoms with Gasteiger partial charge in [-0.05, 0) is 29.8 Å². The molecule has 24 heavy (non-hydrogen) atoms. The number of benzene rings is 2. The minimum absolute atomic E-state index is 0.0286. The number of rotatable bonds is 5. The fourth-order valence-electron chi connectivity index (χ4n) is 2.39. The normalized spacial score (nSPS) is 10.2. The molecule has 0 saturated heterocycles. The summed E-state index contributed by atoms with van der Waals surface area (Å²) >= 11 is 0. The van der Waals surface area contributed by atoms with Crippen molar-refractivity contribution < 1.29 is 9.66 Å². The molecule has 1 heterocycles. The molecule has 3 rings (SSSR count). The maximum atomic E-state index is 10.9. The average Bonchev–Trinajstić information content (AvgIpc) is 2.62. The first-order valence-corrected chi connectivity index (χ1v) is 7.28. The van der Waals surface area contributed by atoms with Gasteiger partial charge in [-0.2, -0.15) is 0 Å². The second kappa shape index (κ2) is 6.78. The molecular formula is C18H15N3O3. The zero-order valence-electron chi connectivity index (χ0n) is 13.0. The number of hydrogen-bond acceptors (Lipinski definition) is 5. The molecule has 1 aromatic heterocycles. The molecule has 0 aliphatic rings. The Balaban J connectivity index is 1.91. The highest BCUT2D eigenvalue weighted by atomic mass is 16.6. The van der Waals surface area contributed by atoms with Crippen LogP contribution in [0.15, 0.2) is 66.9 Å². The van der Waals surface area contributed by atoms with Crippen molar-refractivity contribution in [3.8, 4) is 16.9 Å². The Morgan fingerprint density at radius 1 is 1.08 bits per heavy atom. The summed E-state index contributed by atoms with van der Waals surface area (Å²) in [5.41, 5.74) is 2.52. The van der Waals surface area contributed by atoms with E-state index in [2.05, 4.69) is 10.3 Å². The predicted octanol–water partition coefficient (Wildman–Crippen LogP) is 4.41. The van der Waals surface area contributed by atoms with Crippen LogP contribution in [0.2, 0.25) is 0 Å². The number of hydrogen-bond donors (Lipinski definition) is 1. The lowest BCUT2D eigenvalue weighted by molar-refractivity contribution is -0.384. The number of pyridine rings is 1. The van der Waals surface area contributed by atoms with Gasteiger partial charge in [-0.1, -0.05) is 24.3 Å². The monoisotopic (exact) mass is 321 g/mol. The summed E-state index contributed by atoms with van der Waals surface area (Å²) in [6.45, 7) is 0. The minimum atomic E-state index is -0.427. The molecule has 3 aromatic rings. The van der Waals surface area contributed by atoms with E-state index < -0.39 is 4.92 Å². The van der Waals surface area contributed by atoms with Crippen molar-refractivity contribution in [2.45, 2.75) is 0 Å². The second-order valence-corrected chi connectivity index (χ2v) is 5.06. The lowest BCUT2D eigenvalue weighted by Gasteiger charge is -2.10. The van der Waals surface area contributed by atoms with Gasteiger partial charge in [0.25, 0.3) is 5.69 Å². The molecule has 6 nitrogen and oxygen atoms in total. The van der Waals surface area contributed by atoms with Crippen molar-refractivity contribution in [2.75, 3.05) is 12.4 Å². The standard InChI is InChI=1S/C18H15N3O3/c1-24-17-8-3-2-7-16(17)13-9-10-19-18(11-13)20-14-5-4-6-15(12-14)21(22)23/h2-12H,1H3,(H,19,20). The van der Waals surface area contributed by atoms with Crippen LogP contribution >= 0.6 is 0 Å². The Morgan fingerprint density at radius 3 is 2.71 bits per heavy atom. The topological polar surface area (TPSA) is 77.3 Å². The number of ether oxygens (including phenoxy) is 1. The number of para-hydroxylation sites is 1. The maximum Gasteiger partial charge on any atom is 0.271 e. The molecule has 0 amide bonds. The van der Waals surface area contributed by atoms with E-state index in [1.54, 1.807) is 25.4 Å². The fourth-order valence-corrected chi connectivity index (χ4v) is 2.39. The lowest BCUT2D eigenvalue weighted by Crippen LogP contribution is -1.95. The number of nitro benzene ring substituents is 1. The molecule has 0 aliphatic heterocycles. The van der Waals surface area contributed by atoms with Crippen LogP contribution in [-0.4, -0.2) is 17.0 Å². The number of anilines is 2. The van der Waals surface area contributed by atoms with Gasteiger partial charge in [-0.3, -0.25) is 10.1 Å². The van der Waals surface area contributed by atoms with Gasteiger partial charge in [-0.25, -0.2) is 4.98 Å². The van der Waals surface area contributed by atoms with Crippen LogP contribution in [0.1, 0.15) is 0 Å². The van der Waals surface area contributed by atoms with Gasteiger partial charge in [0.15, 0.2) is 0 Å². The van der Waals surface area contributed by atoms with E-state index in [1.807, 2.05) is 36.4 Å². The van der Waals surface area contributed by atoms with Crippen molar-refractivity contribution >= 4 is 17.2 Å². The smallest absolute Gasteiger partial charge is 0.271 e. The molecule has 6 heteroatoms. The average molecular weight is 321 g/mol. The zero-order chi connectivity index (χ0) is 16.9. The summed E-state index contributed by atoms with van der Waals surface area (Å²) in [6, 6.07) is 17.8. The van der Waals surface area contributed by atoms with E-state index in [0.717, 1.165) is 16.9 Å². The van der Waals surface area contributed by atoms with E-state index in [0.29, 0.717) is 11.5 Å². The highest BCUT2D eigenvalue weighted by molar-refractivity contribution is 5.73. The first-order valence-electron chi connectivity index (χ1n) is 7.28. The number of non-ortho nitro benzene ring substituents is 1. The van der Waals surface area contributed by atoms with Gasteiger partial charge in [-0.15, -0.1) is 0 Å². The van der Waals surface area contributed by atoms with Crippen molar-refractivity contribution in [1.82, 2.24) is 4.98 Å². The molecule has 120 valence electrons. The molecule has 1 N–H and O–H groups in total. The van der Waals surface area contributed by atoms with Crippen LogP contribution in [0.4, 0.5) is 17.2 Å². The van der Waals surface area contributed by atoms with Crippen LogP contribution in [0.5, 0.6) is 5.75 Å². The van der Waals surface area contributed by atoms with Crippen molar-refractivity contribution in [1.29, 1.82) is 0 Å². The number of aromatic nitrogens is 1. The first-order chi connectivity index (χ1) is 11.7. The third-order valence-corrected chi connectivity index (χ3v) is 3.51. The van der Waals surface area contributed by atoms with E-state index in [1.165, 1.54) is 12.1 Å². The molecule has 0 unspecified atom stereocenters. The van der Waals surface area contributed by atoms with Crippen molar-refractivity contribution in [2.24, 2.45) is 0 Å². The van der Waals surface area contributed by atoms with E-state index >= 15 is 0 Å². The molecule has 0 atom stereocenters. The van der Waals surface area contributed by atoms with Crippen LogP contribution < -0.4 is 10.1 Å². The van der Waals surface area contributed by atoms with Crippen LogP contribution in [0, 0.1) is 10.1 Å². The summed E-state index contributed by atoms with van der Waals surface area (Å²) in [7, 11) is 1.63. The molecule has 0 radical (unpaired) electrons. The molecule has 0 aliphatic carbocycles. The number of nitro groups is 1. The summed E-state index contributed by atoms with van der Waals surface area (Å²) in [5.74, 6) is 1.36. The number of nitrogens with one attached hydrogen (secondary N) is 1. The summed E-state index contributed by atoms with van der Waals surface area (Å²) < 4.78 is 5.38. The van der Waals surface area contributed by atoms with Gasteiger partial charge in [0.05, 0.1) is 12.0 Å². The summed E-state index contributed by atoms with van der Waals surface area (Å²) in [6.07, 6.45) is 1.68.